The Morgan fingerprint density at radius 3 is 2.82 bits per heavy atom. The van der Waals surface area contributed by atoms with Crippen molar-refractivity contribution in [1.29, 1.82) is 0 Å². The average molecular weight is 469 g/mol. The molecule has 1 saturated carbocycles. The Bertz CT molecular complexity index is 1270. The van der Waals surface area contributed by atoms with Gasteiger partial charge in [-0.05, 0) is 38.3 Å². The summed E-state index contributed by atoms with van der Waals surface area (Å²) in [5.41, 5.74) is 7.31. The van der Waals surface area contributed by atoms with Gasteiger partial charge in [0.1, 0.15) is 17.5 Å². The van der Waals surface area contributed by atoms with Crippen molar-refractivity contribution in [3.8, 4) is 11.1 Å². The topological polar surface area (TPSA) is 89.1 Å². The van der Waals surface area contributed by atoms with Crippen molar-refractivity contribution in [3.05, 3.63) is 58.5 Å². The molecule has 2 aliphatic rings. The molecule has 172 valence electrons. The van der Waals surface area contributed by atoms with E-state index in [0.717, 1.165) is 43.0 Å². The summed E-state index contributed by atoms with van der Waals surface area (Å²) in [5, 5.41) is 3.88. The lowest BCUT2D eigenvalue weighted by molar-refractivity contribution is 0.0824. The van der Waals surface area contributed by atoms with E-state index in [0.29, 0.717) is 16.6 Å². The number of carbonyl (C=O) groups excluding carboxylic acids is 1. The Hall–Kier alpha value is -3.13. The molecule has 1 spiro atoms. The van der Waals surface area contributed by atoms with Crippen LogP contribution >= 0.6 is 11.6 Å². The summed E-state index contributed by atoms with van der Waals surface area (Å²) in [6.07, 6.45) is 8.24. The zero-order chi connectivity index (χ0) is 23.5. The number of amides is 1. The third-order valence-electron chi connectivity index (χ3n) is 7.06. The maximum Gasteiger partial charge on any atom is 0.258 e. The number of nitrogens with zero attached hydrogens (tertiary/aromatic N) is 4. The first-order valence-corrected chi connectivity index (χ1v) is 11.3. The first kappa shape index (κ1) is 21.7. The van der Waals surface area contributed by atoms with Crippen LogP contribution in [-0.4, -0.2) is 46.0 Å². The number of carbonyl (C=O) groups is 1. The molecule has 2 aromatic heterocycles. The van der Waals surface area contributed by atoms with Gasteiger partial charge >= 0.3 is 0 Å². The highest BCUT2D eigenvalue weighted by Gasteiger charge is 2.48. The predicted molar refractivity (Wildman–Crippen MR) is 127 cm³/mol. The van der Waals surface area contributed by atoms with Crippen molar-refractivity contribution in [3.63, 3.8) is 0 Å². The minimum atomic E-state index is -0.685. The molecule has 0 bridgehead atoms. The SMILES string of the molecule is Cc1nccn1C1CCC2(CNc3ncc(-c4ccc(N)c(C(=O)N(C)C)c4F)c(Cl)c32)C1. The van der Waals surface area contributed by atoms with Gasteiger partial charge in [0.2, 0.25) is 0 Å². The van der Waals surface area contributed by atoms with Crippen molar-refractivity contribution in [2.75, 3.05) is 31.7 Å². The van der Waals surface area contributed by atoms with E-state index in [-0.39, 0.29) is 22.2 Å². The molecule has 7 nitrogen and oxygen atoms in total. The van der Waals surface area contributed by atoms with Crippen molar-refractivity contribution < 1.29 is 9.18 Å². The lowest BCUT2D eigenvalue weighted by Crippen LogP contribution is -2.26. The number of aryl methyl sites for hydroxylation is 1. The molecule has 1 aliphatic heterocycles. The monoisotopic (exact) mass is 468 g/mol. The van der Waals surface area contributed by atoms with Gasteiger partial charge in [0.25, 0.3) is 5.91 Å². The molecule has 0 saturated heterocycles. The van der Waals surface area contributed by atoms with Crippen LogP contribution in [0.2, 0.25) is 5.02 Å². The number of anilines is 2. The minimum Gasteiger partial charge on any atom is -0.398 e. The molecular formula is C24H26ClFN6O. The van der Waals surface area contributed by atoms with Gasteiger partial charge in [0.15, 0.2) is 0 Å². The van der Waals surface area contributed by atoms with E-state index in [9.17, 15) is 4.79 Å². The van der Waals surface area contributed by atoms with Gasteiger partial charge in [-0.25, -0.2) is 14.4 Å². The van der Waals surface area contributed by atoms with Crippen LogP contribution in [0, 0.1) is 12.7 Å². The van der Waals surface area contributed by atoms with Crippen molar-refractivity contribution in [2.24, 2.45) is 0 Å². The lowest BCUT2D eigenvalue weighted by Gasteiger charge is -2.26. The zero-order valence-corrected chi connectivity index (χ0v) is 19.6. The molecule has 33 heavy (non-hydrogen) atoms. The normalized spacial score (nSPS) is 21.3. The van der Waals surface area contributed by atoms with E-state index in [1.54, 1.807) is 32.4 Å². The molecule has 1 amide bonds. The summed E-state index contributed by atoms with van der Waals surface area (Å²) in [6, 6.07) is 3.42. The number of fused-ring (bicyclic) bond motifs is 2. The number of imidazole rings is 1. The second-order valence-electron chi connectivity index (χ2n) is 9.21. The Morgan fingerprint density at radius 1 is 1.33 bits per heavy atom. The summed E-state index contributed by atoms with van der Waals surface area (Å²) >= 11 is 6.98. The van der Waals surface area contributed by atoms with Crippen LogP contribution in [0.4, 0.5) is 15.9 Å². The Morgan fingerprint density at radius 2 is 2.12 bits per heavy atom. The molecule has 3 N–H and O–H groups in total. The van der Waals surface area contributed by atoms with Gasteiger partial charge in [-0.3, -0.25) is 4.79 Å². The summed E-state index contributed by atoms with van der Waals surface area (Å²) in [4.78, 5) is 22.8. The number of benzene rings is 1. The molecule has 2 atom stereocenters. The lowest BCUT2D eigenvalue weighted by atomic mass is 9.80. The smallest absolute Gasteiger partial charge is 0.258 e. The summed E-state index contributed by atoms with van der Waals surface area (Å²) in [6.45, 7) is 2.74. The van der Waals surface area contributed by atoms with Crippen LogP contribution in [0.1, 0.15) is 47.1 Å². The van der Waals surface area contributed by atoms with Crippen molar-refractivity contribution in [2.45, 2.75) is 37.6 Å². The van der Waals surface area contributed by atoms with Crippen molar-refractivity contribution in [1.82, 2.24) is 19.4 Å². The molecule has 2 unspecified atom stereocenters. The number of pyridine rings is 1. The van der Waals surface area contributed by atoms with Gasteiger partial charge in [-0.15, -0.1) is 0 Å². The molecule has 3 heterocycles. The van der Waals surface area contributed by atoms with Crippen LogP contribution in [0.15, 0.2) is 30.7 Å². The number of halogens is 2. The molecule has 9 heteroatoms. The molecule has 0 radical (unpaired) electrons. The highest BCUT2D eigenvalue weighted by Crippen LogP contribution is 2.54. The zero-order valence-electron chi connectivity index (χ0n) is 18.8. The predicted octanol–water partition coefficient (Wildman–Crippen LogP) is 4.42. The van der Waals surface area contributed by atoms with Crippen LogP contribution in [0.25, 0.3) is 11.1 Å². The Labute approximate surface area is 196 Å². The summed E-state index contributed by atoms with van der Waals surface area (Å²) in [7, 11) is 3.12. The first-order chi connectivity index (χ1) is 15.7. The fourth-order valence-electron chi connectivity index (χ4n) is 5.37. The Kier molecular flexibility index (Phi) is 5.08. The van der Waals surface area contributed by atoms with Gasteiger partial charge in [-0.2, -0.15) is 0 Å². The first-order valence-electron chi connectivity index (χ1n) is 11.0. The van der Waals surface area contributed by atoms with E-state index in [2.05, 4.69) is 19.9 Å². The second-order valence-corrected chi connectivity index (χ2v) is 9.59. The summed E-state index contributed by atoms with van der Waals surface area (Å²) < 4.78 is 17.8. The van der Waals surface area contributed by atoms with E-state index < -0.39 is 11.7 Å². The van der Waals surface area contributed by atoms with E-state index in [1.165, 1.54) is 4.90 Å². The van der Waals surface area contributed by atoms with Crippen LogP contribution in [0.5, 0.6) is 0 Å². The van der Waals surface area contributed by atoms with Gasteiger partial charge in [-0.1, -0.05) is 11.6 Å². The van der Waals surface area contributed by atoms with E-state index in [4.69, 9.17) is 17.3 Å². The number of nitrogen functional groups attached to an aromatic ring is 1. The third kappa shape index (κ3) is 3.27. The standard InChI is InChI=1S/C24H26ClFN6O/c1-13-28-8-9-32(13)14-6-7-24(10-14)12-30-22-19(24)20(25)16(11-29-22)15-4-5-17(27)18(21(15)26)23(33)31(2)3/h4-5,8-9,11,14H,6-7,10,12,27H2,1-3H3,(H,29,30). The Balaban J connectivity index is 1.59. The maximum absolute atomic E-state index is 15.6. The third-order valence-corrected chi connectivity index (χ3v) is 7.46. The number of hydrogen-bond donors (Lipinski definition) is 2. The molecular weight excluding hydrogens is 443 g/mol. The summed E-state index contributed by atoms with van der Waals surface area (Å²) in [5.74, 6) is 0.552. The average Bonchev–Trinajstić information content (AvgIpc) is 3.48. The second kappa shape index (κ2) is 7.73. The number of hydrogen-bond acceptors (Lipinski definition) is 5. The number of aromatic nitrogens is 3. The van der Waals surface area contributed by atoms with Crippen LogP contribution in [0.3, 0.4) is 0 Å². The highest BCUT2D eigenvalue weighted by atomic mass is 35.5. The molecule has 5 rings (SSSR count). The fourth-order valence-corrected chi connectivity index (χ4v) is 5.81. The van der Waals surface area contributed by atoms with E-state index in [1.807, 2.05) is 19.3 Å². The van der Waals surface area contributed by atoms with Gasteiger partial charge in [0.05, 0.1) is 10.6 Å². The van der Waals surface area contributed by atoms with E-state index >= 15 is 4.39 Å². The van der Waals surface area contributed by atoms with Gasteiger partial charge in [0, 0.05) is 73.1 Å². The quantitative estimate of drug-likeness (QED) is 0.555. The molecule has 1 aromatic carbocycles. The van der Waals surface area contributed by atoms with Gasteiger partial charge < -0.3 is 20.5 Å². The number of rotatable bonds is 3. The molecule has 1 fully saturated rings. The minimum absolute atomic E-state index is 0.0904. The highest BCUT2D eigenvalue weighted by molar-refractivity contribution is 6.34. The van der Waals surface area contributed by atoms with Crippen LogP contribution < -0.4 is 11.1 Å². The fraction of sp³-hybridized carbons (Fsp3) is 0.375. The number of nitrogens with two attached hydrogens (primary N) is 1. The molecule has 3 aromatic rings. The maximum atomic E-state index is 15.6. The van der Waals surface area contributed by atoms with Crippen molar-refractivity contribution >= 4 is 29.0 Å². The van der Waals surface area contributed by atoms with Crippen LogP contribution in [-0.2, 0) is 5.41 Å². The molecule has 1 aliphatic carbocycles. The largest absolute Gasteiger partial charge is 0.398 e. The number of nitrogens with one attached hydrogen (secondary N) is 1.